The van der Waals surface area contributed by atoms with Gasteiger partial charge in [-0.15, -0.1) is 33.7 Å². The van der Waals surface area contributed by atoms with Crippen LogP contribution in [0.2, 0.25) is 0 Å². The van der Waals surface area contributed by atoms with E-state index in [1.165, 1.54) is 30.6 Å². The van der Waals surface area contributed by atoms with Crippen LogP contribution in [0.25, 0.3) is 0 Å². The second kappa shape index (κ2) is 5.21. The summed E-state index contributed by atoms with van der Waals surface area (Å²) in [5, 5.41) is 9.16. The number of hydrogen-bond acceptors (Lipinski definition) is 6. The number of aromatic nitrogens is 2. The molecule has 0 unspecified atom stereocenters. The highest BCUT2D eigenvalue weighted by Gasteiger charge is 2.14. The number of carbonyl (C=O) groups excluding carboxylic acids is 1. The van der Waals surface area contributed by atoms with Crippen LogP contribution in [0.1, 0.15) is 10.4 Å². The first-order chi connectivity index (χ1) is 6.72. The molecule has 0 aliphatic carbocycles. The fourth-order valence-corrected chi connectivity index (χ4v) is 1.71. The van der Waals surface area contributed by atoms with Gasteiger partial charge < -0.3 is 4.74 Å². The van der Waals surface area contributed by atoms with Gasteiger partial charge in [-0.2, -0.15) is 0 Å². The standard InChI is InChI=1S/C8H10N2O2S2/c1-12-8(11)5-4-6(13-2)9-10-7(5)14-3/h4H,1-3H3. The maximum atomic E-state index is 11.3. The van der Waals surface area contributed by atoms with E-state index in [0.29, 0.717) is 15.6 Å². The Balaban J connectivity index is 3.14. The van der Waals surface area contributed by atoms with Crippen molar-refractivity contribution in [2.45, 2.75) is 10.1 Å². The van der Waals surface area contributed by atoms with Gasteiger partial charge in [-0.05, 0) is 18.6 Å². The van der Waals surface area contributed by atoms with Crippen LogP contribution in [0.15, 0.2) is 16.1 Å². The third-order valence-corrected chi connectivity index (χ3v) is 2.85. The second-order valence-corrected chi connectivity index (χ2v) is 3.92. The van der Waals surface area contributed by atoms with E-state index >= 15 is 0 Å². The van der Waals surface area contributed by atoms with Crippen LogP contribution in [-0.2, 0) is 4.74 Å². The van der Waals surface area contributed by atoms with Crippen molar-refractivity contribution in [3.63, 3.8) is 0 Å². The van der Waals surface area contributed by atoms with Gasteiger partial charge in [-0.3, -0.25) is 0 Å². The zero-order chi connectivity index (χ0) is 10.6. The quantitative estimate of drug-likeness (QED) is 0.582. The largest absolute Gasteiger partial charge is 0.465 e. The monoisotopic (exact) mass is 230 g/mol. The van der Waals surface area contributed by atoms with E-state index in [9.17, 15) is 4.79 Å². The predicted octanol–water partition coefficient (Wildman–Crippen LogP) is 1.71. The fraction of sp³-hybridized carbons (Fsp3) is 0.375. The number of carbonyl (C=O) groups is 1. The number of nitrogens with zero attached hydrogens (tertiary/aromatic N) is 2. The molecule has 0 radical (unpaired) electrons. The smallest absolute Gasteiger partial charge is 0.340 e. The van der Waals surface area contributed by atoms with E-state index in [2.05, 4.69) is 14.9 Å². The Morgan fingerprint density at radius 2 is 2.07 bits per heavy atom. The molecule has 0 amide bonds. The van der Waals surface area contributed by atoms with Gasteiger partial charge in [0, 0.05) is 0 Å². The Hall–Kier alpha value is -0.750. The zero-order valence-corrected chi connectivity index (χ0v) is 9.74. The van der Waals surface area contributed by atoms with Gasteiger partial charge in [-0.1, -0.05) is 0 Å². The van der Waals surface area contributed by atoms with Crippen molar-refractivity contribution in [2.24, 2.45) is 0 Å². The Bertz CT molecular complexity index is 344. The molecule has 76 valence electrons. The highest BCUT2D eigenvalue weighted by atomic mass is 32.2. The van der Waals surface area contributed by atoms with Crippen molar-refractivity contribution in [2.75, 3.05) is 19.6 Å². The summed E-state index contributed by atoms with van der Waals surface area (Å²) < 4.78 is 4.65. The molecule has 0 aliphatic heterocycles. The van der Waals surface area contributed by atoms with Crippen LogP contribution in [0.5, 0.6) is 0 Å². The fourth-order valence-electron chi connectivity index (χ4n) is 0.869. The second-order valence-electron chi connectivity index (χ2n) is 2.30. The first-order valence-corrected chi connectivity index (χ1v) is 6.22. The molecule has 0 N–H and O–H groups in total. The van der Waals surface area contributed by atoms with E-state index in [1.807, 2.05) is 12.5 Å². The molecule has 0 aliphatic rings. The molecule has 0 aromatic carbocycles. The lowest BCUT2D eigenvalue weighted by Crippen LogP contribution is -2.06. The van der Waals surface area contributed by atoms with Crippen molar-refractivity contribution in [1.29, 1.82) is 0 Å². The molecule has 0 spiro atoms. The molecule has 0 saturated carbocycles. The summed E-state index contributed by atoms with van der Waals surface area (Å²) in [4.78, 5) is 11.3. The number of hydrogen-bond donors (Lipinski definition) is 0. The van der Waals surface area contributed by atoms with Gasteiger partial charge in [0.05, 0.1) is 12.7 Å². The molecule has 6 heteroatoms. The van der Waals surface area contributed by atoms with E-state index < -0.39 is 0 Å². The Morgan fingerprint density at radius 1 is 1.36 bits per heavy atom. The lowest BCUT2D eigenvalue weighted by Gasteiger charge is -2.04. The molecule has 1 aromatic heterocycles. The molecule has 14 heavy (non-hydrogen) atoms. The van der Waals surface area contributed by atoms with Crippen molar-refractivity contribution in [1.82, 2.24) is 10.2 Å². The summed E-state index contributed by atoms with van der Waals surface area (Å²) in [7, 11) is 1.35. The van der Waals surface area contributed by atoms with Crippen LogP contribution in [0, 0.1) is 0 Å². The molecule has 0 bridgehead atoms. The van der Waals surface area contributed by atoms with Crippen LogP contribution >= 0.6 is 23.5 Å². The summed E-state index contributed by atoms with van der Waals surface area (Å²) in [5.74, 6) is -0.375. The first kappa shape index (κ1) is 11.3. The minimum atomic E-state index is -0.375. The maximum Gasteiger partial charge on any atom is 0.340 e. The molecule has 4 nitrogen and oxygen atoms in total. The summed E-state index contributed by atoms with van der Waals surface area (Å²) in [5.41, 5.74) is 0.472. The maximum absolute atomic E-state index is 11.3. The number of thioether (sulfide) groups is 2. The van der Waals surface area contributed by atoms with Crippen molar-refractivity contribution in [3.8, 4) is 0 Å². The van der Waals surface area contributed by atoms with E-state index in [1.54, 1.807) is 6.07 Å². The third-order valence-electron chi connectivity index (χ3n) is 1.55. The van der Waals surface area contributed by atoms with Gasteiger partial charge in [0.1, 0.15) is 10.1 Å². The van der Waals surface area contributed by atoms with Crippen molar-refractivity contribution in [3.05, 3.63) is 11.6 Å². The third kappa shape index (κ3) is 2.39. The zero-order valence-electron chi connectivity index (χ0n) is 8.10. The van der Waals surface area contributed by atoms with Crippen LogP contribution in [0.3, 0.4) is 0 Å². The lowest BCUT2D eigenvalue weighted by molar-refractivity contribution is 0.0595. The molecule has 1 rings (SSSR count). The molecule has 0 saturated heterocycles. The lowest BCUT2D eigenvalue weighted by atomic mass is 10.3. The average Bonchev–Trinajstić information content (AvgIpc) is 2.27. The normalized spacial score (nSPS) is 9.93. The highest BCUT2D eigenvalue weighted by Crippen LogP contribution is 2.21. The Labute approximate surface area is 90.8 Å². The van der Waals surface area contributed by atoms with Crippen LogP contribution < -0.4 is 0 Å². The predicted molar refractivity (Wildman–Crippen MR) is 56.9 cm³/mol. The molecule has 1 aromatic rings. The topological polar surface area (TPSA) is 52.1 Å². The average molecular weight is 230 g/mol. The van der Waals surface area contributed by atoms with Crippen LogP contribution in [0.4, 0.5) is 0 Å². The van der Waals surface area contributed by atoms with E-state index in [4.69, 9.17) is 0 Å². The van der Waals surface area contributed by atoms with E-state index in [-0.39, 0.29) is 5.97 Å². The van der Waals surface area contributed by atoms with Gasteiger partial charge in [0.25, 0.3) is 0 Å². The highest BCUT2D eigenvalue weighted by molar-refractivity contribution is 7.99. The molecule has 0 fully saturated rings. The number of rotatable bonds is 3. The van der Waals surface area contributed by atoms with Crippen molar-refractivity contribution < 1.29 is 9.53 Å². The number of ether oxygens (including phenoxy) is 1. The van der Waals surface area contributed by atoms with Gasteiger partial charge in [0.15, 0.2) is 0 Å². The first-order valence-electron chi connectivity index (χ1n) is 3.77. The Morgan fingerprint density at radius 3 is 2.57 bits per heavy atom. The molecular formula is C8H10N2O2S2. The minimum Gasteiger partial charge on any atom is -0.465 e. The Kier molecular flexibility index (Phi) is 4.21. The summed E-state index contributed by atoms with van der Waals surface area (Å²) in [6.07, 6.45) is 3.72. The summed E-state index contributed by atoms with van der Waals surface area (Å²) in [6.45, 7) is 0. The van der Waals surface area contributed by atoms with E-state index in [0.717, 1.165) is 0 Å². The van der Waals surface area contributed by atoms with Gasteiger partial charge >= 0.3 is 5.97 Å². The molecule has 0 atom stereocenters. The summed E-state index contributed by atoms with van der Waals surface area (Å²) in [6, 6.07) is 1.69. The van der Waals surface area contributed by atoms with Gasteiger partial charge in [0.2, 0.25) is 0 Å². The molecule has 1 heterocycles. The minimum absolute atomic E-state index is 0.375. The summed E-state index contributed by atoms with van der Waals surface area (Å²) >= 11 is 2.81. The molecular weight excluding hydrogens is 220 g/mol. The van der Waals surface area contributed by atoms with Gasteiger partial charge in [-0.25, -0.2) is 4.79 Å². The van der Waals surface area contributed by atoms with Crippen LogP contribution in [-0.4, -0.2) is 35.8 Å². The number of methoxy groups -OCH3 is 1. The van der Waals surface area contributed by atoms with Crippen molar-refractivity contribution >= 4 is 29.5 Å². The SMILES string of the molecule is COC(=O)c1cc(SC)nnc1SC. The number of esters is 1.